The lowest BCUT2D eigenvalue weighted by atomic mass is 9.99. The molecule has 0 saturated carbocycles. The zero-order valence-electron chi connectivity index (χ0n) is 17.5. The third-order valence-corrected chi connectivity index (χ3v) is 5.30. The minimum atomic E-state index is -1.89. The van der Waals surface area contributed by atoms with Crippen molar-refractivity contribution in [3.63, 3.8) is 0 Å². The van der Waals surface area contributed by atoms with Gasteiger partial charge in [-0.2, -0.15) is 0 Å². The second-order valence-corrected chi connectivity index (χ2v) is 7.53. The Morgan fingerprint density at radius 3 is 2.38 bits per heavy atom. The predicted molar refractivity (Wildman–Crippen MR) is 113 cm³/mol. The summed E-state index contributed by atoms with van der Waals surface area (Å²) < 4.78 is 21.6. The Kier molecular flexibility index (Phi) is 6.06. The van der Waals surface area contributed by atoms with E-state index in [1.165, 1.54) is 25.3 Å². The molecule has 2 heterocycles. The van der Waals surface area contributed by atoms with Crippen molar-refractivity contribution in [3.05, 3.63) is 46.6 Å². The van der Waals surface area contributed by atoms with E-state index in [2.05, 4.69) is 0 Å². The van der Waals surface area contributed by atoms with Crippen LogP contribution in [-0.2, 0) is 9.53 Å². The fraction of sp³-hybridized carbons (Fsp3) is 0.273. The summed E-state index contributed by atoms with van der Waals surface area (Å²) in [4.78, 5) is 23.9. The van der Waals surface area contributed by atoms with Gasteiger partial charge in [0.15, 0.2) is 23.0 Å². The third kappa shape index (κ3) is 4.10. The average Bonchev–Trinajstić information content (AvgIpc) is 2.78. The fourth-order valence-electron chi connectivity index (χ4n) is 3.59. The number of carboxylic acid groups (broad SMARTS) is 1. The highest BCUT2D eigenvalue weighted by atomic mass is 16.7. The van der Waals surface area contributed by atoms with Gasteiger partial charge in [0.05, 0.1) is 7.11 Å². The van der Waals surface area contributed by atoms with Crippen LogP contribution in [0.25, 0.3) is 22.3 Å². The zero-order chi connectivity index (χ0) is 24.7. The maximum absolute atomic E-state index is 12.5. The van der Waals surface area contributed by atoms with Gasteiger partial charge in [-0.05, 0) is 18.2 Å². The lowest BCUT2D eigenvalue weighted by molar-refractivity contribution is -0.271. The zero-order valence-corrected chi connectivity index (χ0v) is 17.5. The number of carboxylic acids is 1. The van der Waals surface area contributed by atoms with E-state index in [9.17, 15) is 40.2 Å². The molecule has 1 saturated heterocycles. The molecule has 1 aliphatic heterocycles. The number of carbonyl (C=O) groups is 1. The molecule has 1 fully saturated rings. The summed E-state index contributed by atoms with van der Waals surface area (Å²) >= 11 is 0. The smallest absolute Gasteiger partial charge is 0.335 e. The van der Waals surface area contributed by atoms with Crippen molar-refractivity contribution >= 4 is 16.9 Å². The topological polar surface area (TPSA) is 196 Å². The molecule has 1 aromatic heterocycles. The van der Waals surface area contributed by atoms with Gasteiger partial charge in [0, 0.05) is 23.8 Å². The van der Waals surface area contributed by atoms with Gasteiger partial charge in [-0.3, -0.25) is 4.79 Å². The van der Waals surface area contributed by atoms with E-state index >= 15 is 0 Å². The van der Waals surface area contributed by atoms with Crippen LogP contribution in [0.1, 0.15) is 0 Å². The van der Waals surface area contributed by atoms with Crippen LogP contribution in [0.4, 0.5) is 0 Å². The van der Waals surface area contributed by atoms with Gasteiger partial charge < -0.3 is 49.3 Å². The summed E-state index contributed by atoms with van der Waals surface area (Å²) in [6.45, 7) is 0. The lowest BCUT2D eigenvalue weighted by Crippen LogP contribution is -2.61. The number of aliphatic hydroxyl groups is 3. The molecule has 1 aliphatic rings. The van der Waals surface area contributed by atoms with E-state index in [1.54, 1.807) is 0 Å². The summed E-state index contributed by atoms with van der Waals surface area (Å²) in [6.07, 6.45) is -9.12. The van der Waals surface area contributed by atoms with Crippen molar-refractivity contribution < 1.29 is 54.1 Å². The maximum Gasteiger partial charge on any atom is 0.335 e. The number of aliphatic carboxylic acids is 1. The molecule has 0 amide bonds. The van der Waals surface area contributed by atoms with Crippen LogP contribution < -0.4 is 14.9 Å². The van der Waals surface area contributed by atoms with Crippen molar-refractivity contribution in [1.82, 2.24) is 0 Å². The Balaban J connectivity index is 1.73. The van der Waals surface area contributed by atoms with E-state index in [1.807, 2.05) is 0 Å². The van der Waals surface area contributed by atoms with Crippen molar-refractivity contribution in [3.8, 4) is 34.3 Å². The first-order chi connectivity index (χ1) is 16.1. The number of hydrogen-bond acceptors (Lipinski definition) is 11. The van der Waals surface area contributed by atoms with Crippen LogP contribution in [0.5, 0.6) is 23.0 Å². The predicted octanol–water partition coefficient (Wildman–Crippen LogP) is 0.151. The second kappa shape index (κ2) is 8.83. The molecule has 12 nitrogen and oxygen atoms in total. The Hall–Kier alpha value is -3.84. The molecule has 12 heteroatoms. The van der Waals surface area contributed by atoms with Gasteiger partial charge >= 0.3 is 5.97 Å². The molecule has 1 unspecified atom stereocenters. The van der Waals surface area contributed by atoms with Crippen LogP contribution in [0.3, 0.4) is 0 Å². The number of rotatable bonds is 5. The molecule has 2 aromatic carbocycles. The highest BCUT2D eigenvalue weighted by molar-refractivity contribution is 5.86. The standard InChI is InChI=1S/C22H20O12/c1-31-12-3-2-8(13-7-11(25)16-10(24)5-9(23)6-15(16)32-13)4-14(12)33-22-19(28)17(26)18(27)20(34-22)21(29)30/h2-7,17-20,22-24,26-28H,1H3,(H,29,30)/t17-,18?,19+,20+,22+/m0/s1. The van der Waals surface area contributed by atoms with Gasteiger partial charge in [0.25, 0.3) is 0 Å². The Labute approximate surface area is 190 Å². The summed E-state index contributed by atoms with van der Waals surface area (Å²) in [7, 11) is 1.32. The largest absolute Gasteiger partial charge is 0.508 e. The highest BCUT2D eigenvalue weighted by Crippen LogP contribution is 2.36. The van der Waals surface area contributed by atoms with Crippen molar-refractivity contribution in [1.29, 1.82) is 0 Å². The number of benzene rings is 2. The van der Waals surface area contributed by atoms with E-state index in [-0.39, 0.29) is 39.5 Å². The summed E-state index contributed by atoms with van der Waals surface area (Å²) in [5, 5.41) is 58.8. The van der Waals surface area contributed by atoms with Gasteiger partial charge in [-0.25, -0.2) is 4.79 Å². The number of hydrogen-bond donors (Lipinski definition) is 6. The Morgan fingerprint density at radius 1 is 0.971 bits per heavy atom. The number of phenolic OH excluding ortho intramolecular Hbond substituents is 2. The van der Waals surface area contributed by atoms with E-state index < -0.39 is 47.9 Å². The summed E-state index contributed by atoms with van der Waals surface area (Å²) in [5.74, 6) is -2.26. The van der Waals surface area contributed by atoms with Crippen LogP contribution >= 0.6 is 0 Å². The second-order valence-electron chi connectivity index (χ2n) is 7.53. The minimum absolute atomic E-state index is 0.0268. The van der Waals surface area contributed by atoms with Crippen LogP contribution in [0.15, 0.2) is 45.6 Å². The monoisotopic (exact) mass is 476 g/mol. The molecule has 6 N–H and O–H groups in total. The Morgan fingerprint density at radius 2 is 1.71 bits per heavy atom. The van der Waals surface area contributed by atoms with Gasteiger partial charge in [-0.15, -0.1) is 0 Å². The van der Waals surface area contributed by atoms with E-state index in [0.717, 1.165) is 18.2 Å². The van der Waals surface area contributed by atoms with Crippen LogP contribution in [0.2, 0.25) is 0 Å². The number of aliphatic hydroxyl groups excluding tert-OH is 3. The molecule has 3 aromatic rings. The van der Waals surface area contributed by atoms with Crippen molar-refractivity contribution in [2.75, 3.05) is 7.11 Å². The number of phenols is 2. The molecular weight excluding hydrogens is 456 g/mol. The third-order valence-electron chi connectivity index (χ3n) is 5.30. The summed E-state index contributed by atoms with van der Waals surface area (Å²) in [6, 6.07) is 7.56. The molecule has 5 atom stereocenters. The Bertz CT molecular complexity index is 1300. The molecule has 4 rings (SSSR count). The lowest BCUT2D eigenvalue weighted by Gasteiger charge is -2.38. The number of aromatic hydroxyl groups is 2. The average molecular weight is 476 g/mol. The highest BCUT2D eigenvalue weighted by Gasteiger charge is 2.48. The van der Waals surface area contributed by atoms with Gasteiger partial charge in [-0.1, -0.05) is 0 Å². The molecule has 0 bridgehead atoms. The normalized spacial score (nSPS) is 24.6. The van der Waals surface area contributed by atoms with Gasteiger partial charge in [0.2, 0.25) is 6.29 Å². The molecule has 0 aliphatic carbocycles. The molecule has 180 valence electrons. The van der Waals surface area contributed by atoms with E-state index in [0.29, 0.717) is 0 Å². The van der Waals surface area contributed by atoms with Gasteiger partial charge in [0.1, 0.15) is 46.5 Å². The molecular formula is C22H20O12. The molecule has 0 radical (unpaired) electrons. The first-order valence-electron chi connectivity index (χ1n) is 9.88. The molecule has 0 spiro atoms. The SMILES string of the molecule is COc1ccc(-c2cc(=O)c3c(O)cc(O)cc3o2)cc1O[C@@H]1O[C@@H](C(=O)O)C(O)[C@H](O)[C@H]1O. The van der Waals surface area contributed by atoms with Crippen LogP contribution in [-0.4, -0.2) is 74.4 Å². The number of ether oxygens (including phenoxy) is 3. The first-order valence-corrected chi connectivity index (χ1v) is 9.88. The summed E-state index contributed by atoms with van der Waals surface area (Å²) in [5.41, 5.74) is -0.386. The number of methoxy groups -OCH3 is 1. The first kappa shape index (κ1) is 23.3. The van der Waals surface area contributed by atoms with Crippen molar-refractivity contribution in [2.45, 2.75) is 30.7 Å². The number of fused-ring (bicyclic) bond motifs is 1. The fourth-order valence-corrected chi connectivity index (χ4v) is 3.59. The van der Waals surface area contributed by atoms with Crippen LogP contribution in [0, 0.1) is 0 Å². The quantitative estimate of drug-likeness (QED) is 0.292. The maximum atomic E-state index is 12.5. The van der Waals surface area contributed by atoms with Crippen molar-refractivity contribution in [2.24, 2.45) is 0 Å². The molecule has 34 heavy (non-hydrogen) atoms. The van der Waals surface area contributed by atoms with E-state index in [4.69, 9.17) is 18.6 Å². The minimum Gasteiger partial charge on any atom is -0.508 e.